The van der Waals surface area contributed by atoms with E-state index < -0.39 is 0 Å². The van der Waals surface area contributed by atoms with E-state index in [0.717, 1.165) is 22.5 Å². The second kappa shape index (κ2) is 2.99. The fourth-order valence-corrected chi connectivity index (χ4v) is 2.11. The third-order valence-corrected chi connectivity index (χ3v) is 2.74. The number of rotatable bonds is 1. The highest BCUT2D eigenvalue weighted by Crippen LogP contribution is 2.24. The van der Waals surface area contributed by atoms with Crippen LogP contribution < -0.4 is 0 Å². The summed E-state index contributed by atoms with van der Waals surface area (Å²) in [5.41, 5.74) is 0. The topological polar surface area (TPSA) is 25.8 Å². The number of aryl methyl sites for hydroxylation is 1. The molecule has 0 amide bonds. The lowest BCUT2D eigenvalue weighted by Crippen LogP contribution is -1.91. The van der Waals surface area contributed by atoms with Crippen LogP contribution >= 0.6 is 22.9 Å². The van der Waals surface area contributed by atoms with Gasteiger partial charge in [-0.1, -0.05) is 18.5 Å². The Balaban J connectivity index is 2.75. The predicted molar refractivity (Wildman–Crippen MR) is 51.8 cm³/mol. The van der Waals surface area contributed by atoms with Gasteiger partial charge in [0.25, 0.3) is 0 Å². The molecule has 0 saturated carbocycles. The molecule has 0 saturated heterocycles. The summed E-state index contributed by atoms with van der Waals surface area (Å²) in [6.45, 7) is 2.02. The number of nitrogens with zero attached hydrogens (tertiary/aromatic N) is 2. The van der Waals surface area contributed by atoms with Crippen molar-refractivity contribution >= 4 is 33.2 Å². The summed E-state index contributed by atoms with van der Waals surface area (Å²) in [5, 5.41) is 3.50. The van der Waals surface area contributed by atoms with Crippen LogP contribution in [0.4, 0.5) is 0 Å². The highest BCUT2D eigenvalue weighted by atomic mass is 35.5. The summed E-state index contributed by atoms with van der Waals surface area (Å²) < 4.78 is 0. The summed E-state index contributed by atoms with van der Waals surface area (Å²) >= 11 is 7.53. The largest absolute Gasteiger partial charge is 0.222 e. The fraction of sp³-hybridized carbons (Fsp3) is 0.250. The molecule has 0 fully saturated rings. The van der Waals surface area contributed by atoms with Crippen LogP contribution in [0.1, 0.15) is 12.7 Å². The SMILES string of the molecule is CCc1nc(Cl)c2ccsc2n1. The third kappa shape index (κ3) is 1.19. The van der Waals surface area contributed by atoms with Gasteiger partial charge in [0.2, 0.25) is 0 Å². The molecule has 12 heavy (non-hydrogen) atoms. The van der Waals surface area contributed by atoms with Crippen molar-refractivity contribution in [3.05, 3.63) is 22.4 Å². The lowest BCUT2D eigenvalue weighted by molar-refractivity contribution is 0.965. The van der Waals surface area contributed by atoms with Gasteiger partial charge in [0.1, 0.15) is 15.8 Å². The average Bonchev–Trinajstić information content (AvgIpc) is 2.52. The predicted octanol–water partition coefficient (Wildman–Crippen LogP) is 2.91. The summed E-state index contributed by atoms with van der Waals surface area (Å²) in [6, 6.07) is 1.95. The Morgan fingerprint density at radius 3 is 3.08 bits per heavy atom. The van der Waals surface area contributed by atoms with E-state index in [2.05, 4.69) is 9.97 Å². The highest BCUT2D eigenvalue weighted by molar-refractivity contribution is 7.16. The minimum Gasteiger partial charge on any atom is -0.222 e. The Morgan fingerprint density at radius 2 is 2.33 bits per heavy atom. The van der Waals surface area contributed by atoms with Gasteiger partial charge in [0.15, 0.2) is 0 Å². The Bertz CT molecular complexity index is 410. The number of thiophene rings is 1. The van der Waals surface area contributed by atoms with E-state index >= 15 is 0 Å². The number of hydrogen-bond acceptors (Lipinski definition) is 3. The van der Waals surface area contributed by atoms with Crippen LogP contribution in [0.15, 0.2) is 11.4 Å². The molecular formula is C8H7ClN2S. The van der Waals surface area contributed by atoms with E-state index in [-0.39, 0.29) is 0 Å². The van der Waals surface area contributed by atoms with Gasteiger partial charge in [-0.25, -0.2) is 9.97 Å². The number of halogens is 1. The van der Waals surface area contributed by atoms with E-state index in [1.807, 2.05) is 18.4 Å². The Morgan fingerprint density at radius 1 is 1.50 bits per heavy atom. The van der Waals surface area contributed by atoms with Crippen LogP contribution in [0.25, 0.3) is 10.2 Å². The van der Waals surface area contributed by atoms with Crippen molar-refractivity contribution in [3.8, 4) is 0 Å². The molecule has 0 aliphatic carbocycles. The van der Waals surface area contributed by atoms with E-state index in [1.54, 1.807) is 11.3 Å². The number of aromatic nitrogens is 2. The molecule has 2 aromatic rings. The monoisotopic (exact) mass is 198 g/mol. The van der Waals surface area contributed by atoms with Gasteiger partial charge < -0.3 is 0 Å². The molecule has 0 aliphatic heterocycles. The molecule has 0 radical (unpaired) electrons. The minimum atomic E-state index is 0.568. The first-order valence-electron chi connectivity index (χ1n) is 3.71. The molecule has 0 atom stereocenters. The van der Waals surface area contributed by atoms with Crippen LogP contribution in [0.5, 0.6) is 0 Å². The first-order valence-corrected chi connectivity index (χ1v) is 4.96. The van der Waals surface area contributed by atoms with Crippen LogP contribution in [-0.2, 0) is 6.42 Å². The van der Waals surface area contributed by atoms with E-state index in [0.29, 0.717) is 5.15 Å². The molecule has 0 spiro atoms. The van der Waals surface area contributed by atoms with Gasteiger partial charge in [-0.2, -0.15) is 0 Å². The minimum absolute atomic E-state index is 0.568. The molecule has 2 aromatic heterocycles. The maximum atomic E-state index is 5.94. The smallest absolute Gasteiger partial charge is 0.141 e. The highest BCUT2D eigenvalue weighted by Gasteiger charge is 2.04. The van der Waals surface area contributed by atoms with Gasteiger partial charge in [0, 0.05) is 11.8 Å². The van der Waals surface area contributed by atoms with Gasteiger partial charge in [-0.15, -0.1) is 11.3 Å². The van der Waals surface area contributed by atoms with Crippen LogP contribution in [0, 0.1) is 0 Å². The molecular weight excluding hydrogens is 192 g/mol. The summed E-state index contributed by atoms with van der Waals surface area (Å²) in [7, 11) is 0. The molecule has 0 N–H and O–H groups in total. The Labute approximate surface area is 79.2 Å². The second-order valence-electron chi connectivity index (χ2n) is 2.42. The maximum absolute atomic E-state index is 5.94. The van der Waals surface area contributed by atoms with Gasteiger partial charge in [-0.3, -0.25) is 0 Å². The average molecular weight is 199 g/mol. The van der Waals surface area contributed by atoms with Gasteiger partial charge in [0.05, 0.1) is 0 Å². The normalized spacial score (nSPS) is 10.8. The Hall–Kier alpha value is -0.670. The summed E-state index contributed by atoms with van der Waals surface area (Å²) in [6.07, 6.45) is 0.827. The van der Waals surface area contributed by atoms with Crippen molar-refractivity contribution in [3.63, 3.8) is 0 Å². The zero-order valence-corrected chi connectivity index (χ0v) is 8.11. The first kappa shape index (κ1) is 7.95. The lowest BCUT2D eigenvalue weighted by atomic mass is 10.4. The molecule has 0 aliphatic rings. The third-order valence-electron chi connectivity index (χ3n) is 1.64. The number of hydrogen-bond donors (Lipinski definition) is 0. The molecule has 0 aromatic carbocycles. The molecule has 2 heterocycles. The van der Waals surface area contributed by atoms with Gasteiger partial charge in [-0.05, 0) is 11.4 Å². The molecule has 0 bridgehead atoms. The van der Waals surface area contributed by atoms with E-state index in [1.165, 1.54) is 0 Å². The molecule has 0 unspecified atom stereocenters. The van der Waals surface area contributed by atoms with Crippen molar-refractivity contribution in [1.29, 1.82) is 0 Å². The maximum Gasteiger partial charge on any atom is 0.141 e. The Kier molecular flexibility index (Phi) is 1.98. The summed E-state index contributed by atoms with van der Waals surface area (Å²) in [4.78, 5) is 9.47. The van der Waals surface area contributed by atoms with Crippen molar-refractivity contribution in [2.24, 2.45) is 0 Å². The molecule has 2 rings (SSSR count). The molecule has 4 heteroatoms. The van der Waals surface area contributed by atoms with E-state index in [4.69, 9.17) is 11.6 Å². The fourth-order valence-electron chi connectivity index (χ4n) is 1.02. The lowest BCUT2D eigenvalue weighted by Gasteiger charge is -1.96. The summed E-state index contributed by atoms with van der Waals surface area (Å²) in [5.74, 6) is 0.815. The standard InChI is InChI=1S/C8H7ClN2S/c1-2-6-10-7(9)5-3-4-12-8(5)11-6/h3-4H,2H2,1H3. The van der Waals surface area contributed by atoms with E-state index in [9.17, 15) is 0 Å². The molecule has 2 nitrogen and oxygen atoms in total. The first-order chi connectivity index (χ1) is 5.81. The molecule has 62 valence electrons. The zero-order chi connectivity index (χ0) is 8.55. The zero-order valence-electron chi connectivity index (χ0n) is 6.54. The van der Waals surface area contributed by atoms with Crippen molar-refractivity contribution in [1.82, 2.24) is 9.97 Å². The van der Waals surface area contributed by atoms with Crippen molar-refractivity contribution in [2.45, 2.75) is 13.3 Å². The number of fused-ring (bicyclic) bond motifs is 1. The van der Waals surface area contributed by atoms with Crippen molar-refractivity contribution < 1.29 is 0 Å². The van der Waals surface area contributed by atoms with Crippen LogP contribution in [0.3, 0.4) is 0 Å². The van der Waals surface area contributed by atoms with Gasteiger partial charge >= 0.3 is 0 Å². The van der Waals surface area contributed by atoms with Crippen molar-refractivity contribution in [2.75, 3.05) is 0 Å². The second-order valence-corrected chi connectivity index (χ2v) is 3.68. The van der Waals surface area contributed by atoms with Crippen LogP contribution in [-0.4, -0.2) is 9.97 Å². The van der Waals surface area contributed by atoms with Crippen LogP contribution in [0.2, 0.25) is 5.15 Å². The quantitative estimate of drug-likeness (QED) is 0.659.